The van der Waals surface area contributed by atoms with Crippen LogP contribution in [0, 0.1) is 5.92 Å². The highest BCUT2D eigenvalue weighted by Gasteiger charge is 2.24. The first-order valence-electron chi connectivity index (χ1n) is 8.66. The molecule has 1 unspecified atom stereocenters. The minimum Gasteiger partial charge on any atom is -0.348 e. The van der Waals surface area contributed by atoms with E-state index in [1.54, 1.807) is 18.2 Å². The van der Waals surface area contributed by atoms with Crippen LogP contribution in [0.3, 0.4) is 0 Å². The molecule has 0 aliphatic carbocycles. The molecule has 1 amide bonds. The first-order valence-corrected chi connectivity index (χ1v) is 10.1. The van der Waals surface area contributed by atoms with Gasteiger partial charge in [0, 0.05) is 7.05 Å². The average Bonchev–Trinajstić information content (AvgIpc) is 2.62. The Morgan fingerprint density at radius 3 is 2.08 bits per heavy atom. The van der Waals surface area contributed by atoms with Gasteiger partial charge in [0.2, 0.25) is 15.9 Å². The molecule has 0 heterocycles. The van der Waals surface area contributed by atoms with Gasteiger partial charge in [-0.25, -0.2) is 8.42 Å². The summed E-state index contributed by atoms with van der Waals surface area (Å²) in [4.78, 5) is 12.7. The molecule has 0 aliphatic rings. The SMILES string of the molecule is CC(C)CC(NC(=O)CN(C)S(=O)(=O)c1ccccc1)c1ccccc1. The molecule has 0 bridgehead atoms. The highest BCUT2D eigenvalue weighted by molar-refractivity contribution is 7.89. The second kappa shape index (κ2) is 8.96. The van der Waals surface area contributed by atoms with Gasteiger partial charge in [-0.1, -0.05) is 62.4 Å². The lowest BCUT2D eigenvalue weighted by molar-refractivity contribution is -0.122. The maximum atomic E-state index is 12.5. The Morgan fingerprint density at radius 2 is 1.54 bits per heavy atom. The van der Waals surface area contributed by atoms with Crippen molar-refractivity contribution in [2.45, 2.75) is 31.2 Å². The molecule has 0 aromatic heterocycles. The second-order valence-electron chi connectivity index (χ2n) is 6.73. The Labute approximate surface area is 156 Å². The van der Waals surface area contributed by atoms with Gasteiger partial charge in [-0.2, -0.15) is 4.31 Å². The first-order chi connectivity index (χ1) is 12.3. The fourth-order valence-corrected chi connectivity index (χ4v) is 3.88. The van der Waals surface area contributed by atoms with Crippen LogP contribution in [0.5, 0.6) is 0 Å². The summed E-state index contributed by atoms with van der Waals surface area (Å²) in [6.07, 6.45) is 0.783. The normalized spacial score (nSPS) is 13.0. The Hall–Kier alpha value is -2.18. The molecule has 2 aromatic rings. The molecule has 2 rings (SSSR count). The predicted molar refractivity (Wildman–Crippen MR) is 103 cm³/mol. The Morgan fingerprint density at radius 1 is 1.00 bits per heavy atom. The number of rotatable bonds is 8. The Bertz CT molecular complexity index is 805. The summed E-state index contributed by atoms with van der Waals surface area (Å²) in [5.74, 6) is 0.0767. The minimum absolute atomic E-state index is 0.142. The van der Waals surface area contributed by atoms with Crippen LogP contribution >= 0.6 is 0 Å². The molecule has 6 heteroatoms. The molecule has 26 heavy (non-hydrogen) atoms. The van der Waals surface area contributed by atoms with Crippen LogP contribution < -0.4 is 5.32 Å². The first kappa shape index (κ1) is 20.1. The van der Waals surface area contributed by atoms with Gasteiger partial charge < -0.3 is 5.32 Å². The second-order valence-corrected chi connectivity index (χ2v) is 8.78. The van der Waals surface area contributed by atoms with E-state index in [4.69, 9.17) is 0 Å². The van der Waals surface area contributed by atoms with E-state index in [2.05, 4.69) is 19.2 Å². The summed E-state index contributed by atoms with van der Waals surface area (Å²) in [6, 6.07) is 17.7. The van der Waals surface area contributed by atoms with E-state index in [1.165, 1.54) is 19.2 Å². The summed E-state index contributed by atoms with van der Waals surface area (Å²) in [6.45, 7) is 3.96. The summed E-state index contributed by atoms with van der Waals surface area (Å²) in [7, 11) is -2.27. The highest BCUT2D eigenvalue weighted by atomic mass is 32.2. The Balaban J connectivity index is 2.08. The summed E-state index contributed by atoms with van der Waals surface area (Å²) >= 11 is 0. The van der Waals surface area contributed by atoms with Crippen LogP contribution in [-0.2, 0) is 14.8 Å². The van der Waals surface area contributed by atoms with Crippen molar-refractivity contribution in [3.05, 3.63) is 66.2 Å². The number of amides is 1. The van der Waals surface area contributed by atoms with E-state index in [0.29, 0.717) is 5.92 Å². The predicted octanol–water partition coefficient (Wildman–Crippen LogP) is 3.21. The molecule has 0 fully saturated rings. The van der Waals surface area contributed by atoms with Crippen LogP contribution in [0.15, 0.2) is 65.6 Å². The summed E-state index contributed by atoms with van der Waals surface area (Å²) in [5.41, 5.74) is 1.02. The average molecular weight is 375 g/mol. The van der Waals surface area contributed by atoms with Crippen LogP contribution in [0.1, 0.15) is 31.9 Å². The van der Waals surface area contributed by atoms with Crippen molar-refractivity contribution in [3.63, 3.8) is 0 Å². The maximum absolute atomic E-state index is 12.5. The number of nitrogens with zero attached hydrogens (tertiary/aromatic N) is 1. The molecule has 1 atom stereocenters. The topological polar surface area (TPSA) is 66.5 Å². The lowest BCUT2D eigenvalue weighted by Crippen LogP contribution is -2.40. The molecule has 140 valence electrons. The van der Waals surface area contributed by atoms with E-state index in [1.807, 2.05) is 30.3 Å². The van der Waals surface area contributed by atoms with Crippen LogP contribution in [0.25, 0.3) is 0 Å². The zero-order valence-electron chi connectivity index (χ0n) is 15.4. The molecule has 5 nitrogen and oxygen atoms in total. The van der Waals surface area contributed by atoms with Crippen molar-refractivity contribution in [2.75, 3.05) is 13.6 Å². The van der Waals surface area contributed by atoms with E-state index in [0.717, 1.165) is 16.3 Å². The van der Waals surface area contributed by atoms with E-state index >= 15 is 0 Å². The van der Waals surface area contributed by atoms with Gasteiger partial charge in [0.1, 0.15) is 0 Å². The molecular formula is C20H26N2O3S. The van der Waals surface area contributed by atoms with Gasteiger partial charge in [-0.15, -0.1) is 0 Å². The van der Waals surface area contributed by atoms with Gasteiger partial charge in [0.25, 0.3) is 0 Å². The van der Waals surface area contributed by atoms with Crippen LogP contribution in [0.2, 0.25) is 0 Å². The number of likely N-dealkylation sites (N-methyl/N-ethyl adjacent to an activating group) is 1. The van der Waals surface area contributed by atoms with Crippen molar-refractivity contribution in [1.29, 1.82) is 0 Å². The van der Waals surface area contributed by atoms with Crippen molar-refractivity contribution in [2.24, 2.45) is 5.92 Å². The third-order valence-corrected chi connectivity index (χ3v) is 5.88. The smallest absolute Gasteiger partial charge is 0.243 e. The molecule has 0 radical (unpaired) electrons. The van der Waals surface area contributed by atoms with E-state index in [9.17, 15) is 13.2 Å². The van der Waals surface area contributed by atoms with Gasteiger partial charge in [0.05, 0.1) is 17.5 Å². The number of benzene rings is 2. The third-order valence-electron chi connectivity index (χ3n) is 4.06. The van der Waals surface area contributed by atoms with E-state index < -0.39 is 10.0 Å². The van der Waals surface area contributed by atoms with Crippen LogP contribution in [0.4, 0.5) is 0 Å². The van der Waals surface area contributed by atoms with Crippen molar-refractivity contribution in [1.82, 2.24) is 9.62 Å². The van der Waals surface area contributed by atoms with Crippen molar-refractivity contribution >= 4 is 15.9 Å². The number of hydrogen-bond acceptors (Lipinski definition) is 3. The number of sulfonamides is 1. The standard InChI is InChI=1S/C20H26N2O3S/c1-16(2)14-19(17-10-6-4-7-11-17)21-20(23)15-22(3)26(24,25)18-12-8-5-9-13-18/h4-13,16,19H,14-15H2,1-3H3,(H,21,23). The maximum Gasteiger partial charge on any atom is 0.243 e. The molecule has 0 saturated heterocycles. The fourth-order valence-electron chi connectivity index (χ4n) is 2.73. The summed E-state index contributed by atoms with van der Waals surface area (Å²) < 4.78 is 26.2. The highest BCUT2D eigenvalue weighted by Crippen LogP contribution is 2.21. The number of hydrogen-bond donors (Lipinski definition) is 1. The monoisotopic (exact) mass is 374 g/mol. The van der Waals surface area contributed by atoms with Crippen LogP contribution in [-0.4, -0.2) is 32.2 Å². The molecule has 0 saturated carbocycles. The minimum atomic E-state index is -3.69. The van der Waals surface area contributed by atoms with Crippen molar-refractivity contribution in [3.8, 4) is 0 Å². The van der Waals surface area contributed by atoms with Gasteiger partial charge in [-0.3, -0.25) is 4.79 Å². The zero-order chi connectivity index (χ0) is 19.2. The molecule has 1 N–H and O–H groups in total. The fraction of sp³-hybridized carbons (Fsp3) is 0.350. The van der Waals surface area contributed by atoms with Gasteiger partial charge in [0.15, 0.2) is 0 Å². The number of nitrogens with one attached hydrogen (secondary N) is 1. The van der Waals surface area contributed by atoms with E-state index in [-0.39, 0.29) is 23.4 Å². The van der Waals surface area contributed by atoms with Gasteiger partial charge in [-0.05, 0) is 30.0 Å². The molecule has 0 spiro atoms. The molecular weight excluding hydrogens is 348 g/mol. The van der Waals surface area contributed by atoms with Crippen molar-refractivity contribution < 1.29 is 13.2 Å². The van der Waals surface area contributed by atoms with Gasteiger partial charge >= 0.3 is 0 Å². The molecule has 2 aromatic carbocycles. The zero-order valence-corrected chi connectivity index (χ0v) is 16.2. The third kappa shape index (κ3) is 5.41. The number of carbonyl (C=O) groups is 1. The largest absolute Gasteiger partial charge is 0.348 e. The Kier molecular flexibility index (Phi) is 6.94. The lowest BCUT2D eigenvalue weighted by Gasteiger charge is -2.23. The quantitative estimate of drug-likeness (QED) is 0.771. The number of carbonyl (C=O) groups excluding carboxylic acids is 1. The summed E-state index contributed by atoms with van der Waals surface area (Å²) in [5, 5.41) is 2.97. The molecule has 0 aliphatic heterocycles. The lowest BCUT2D eigenvalue weighted by atomic mass is 9.97.